The molecule has 19 heavy (non-hydrogen) atoms. The normalized spacial score (nSPS) is 12.5. The molecule has 0 bridgehead atoms. The van der Waals surface area contributed by atoms with Crippen molar-refractivity contribution >= 4 is 15.9 Å². The number of rotatable bonds is 4. The van der Waals surface area contributed by atoms with Crippen LogP contribution >= 0.6 is 15.9 Å². The van der Waals surface area contributed by atoms with E-state index in [1.165, 1.54) is 6.07 Å². The van der Waals surface area contributed by atoms with Crippen molar-refractivity contribution in [1.82, 2.24) is 15.1 Å². The third-order valence-corrected chi connectivity index (χ3v) is 3.62. The van der Waals surface area contributed by atoms with Crippen LogP contribution in [0.5, 0.6) is 5.75 Å². The van der Waals surface area contributed by atoms with Gasteiger partial charge in [0.2, 0.25) is 0 Å². The van der Waals surface area contributed by atoms with Crippen molar-refractivity contribution in [3.8, 4) is 5.75 Å². The van der Waals surface area contributed by atoms with Crippen molar-refractivity contribution in [2.45, 2.75) is 6.04 Å². The van der Waals surface area contributed by atoms with Crippen LogP contribution in [0.25, 0.3) is 0 Å². The van der Waals surface area contributed by atoms with Crippen molar-refractivity contribution < 1.29 is 9.13 Å². The minimum Gasteiger partial charge on any atom is -0.493 e. The minimum absolute atomic E-state index is 0.126. The van der Waals surface area contributed by atoms with Gasteiger partial charge >= 0.3 is 0 Å². The first-order valence-electron chi connectivity index (χ1n) is 5.76. The lowest BCUT2D eigenvalue weighted by Crippen LogP contribution is -2.21. The second-order valence-corrected chi connectivity index (χ2v) is 4.97. The fraction of sp³-hybridized carbons (Fsp3) is 0.308. The summed E-state index contributed by atoms with van der Waals surface area (Å²) in [5.74, 6) is 0.415. The first-order chi connectivity index (χ1) is 9.08. The van der Waals surface area contributed by atoms with Gasteiger partial charge in [0.05, 0.1) is 23.8 Å². The van der Waals surface area contributed by atoms with Gasteiger partial charge in [0.25, 0.3) is 0 Å². The summed E-state index contributed by atoms with van der Waals surface area (Å²) in [6.45, 7) is 0. The fourth-order valence-corrected chi connectivity index (χ4v) is 2.46. The van der Waals surface area contributed by atoms with Gasteiger partial charge in [0, 0.05) is 7.05 Å². The second-order valence-electron chi connectivity index (χ2n) is 4.12. The lowest BCUT2D eigenvalue weighted by atomic mass is 10.0. The summed E-state index contributed by atoms with van der Waals surface area (Å²) in [7, 11) is 5.29. The molecule has 1 aromatic carbocycles. The van der Waals surface area contributed by atoms with Crippen LogP contribution in [0.1, 0.15) is 17.3 Å². The van der Waals surface area contributed by atoms with Gasteiger partial charge < -0.3 is 10.1 Å². The molecular weight excluding hydrogens is 313 g/mol. The molecular formula is C13H15BrFN3O. The number of nitrogens with one attached hydrogen (secondary N) is 1. The van der Waals surface area contributed by atoms with Crippen LogP contribution in [0.4, 0.5) is 4.39 Å². The maximum absolute atomic E-state index is 13.3. The van der Waals surface area contributed by atoms with E-state index >= 15 is 0 Å². The van der Waals surface area contributed by atoms with Crippen LogP contribution in [0.3, 0.4) is 0 Å². The van der Waals surface area contributed by atoms with Gasteiger partial charge in [0.15, 0.2) is 5.75 Å². The zero-order valence-electron chi connectivity index (χ0n) is 10.9. The highest BCUT2D eigenvalue weighted by Gasteiger charge is 2.21. The molecule has 0 amide bonds. The van der Waals surface area contributed by atoms with E-state index < -0.39 is 0 Å². The summed E-state index contributed by atoms with van der Waals surface area (Å²) in [6, 6.07) is 4.81. The Labute approximate surface area is 119 Å². The van der Waals surface area contributed by atoms with Crippen LogP contribution in [-0.4, -0.2) is 23.9 Å². The van der Waals surface area contributed by atoms with Crippen molar-refractivity contribution in [2.24, 2.45) is 7.05 Å². The highest BCUT2D eigenvalue weighted by atomic mass is 79.9. The smallest absolute Gasteiger partial charge is 0.161 e. The third kappa shape index (κ3) is 2.64. The van der Waals surface area contributed by atoms with E-state index in [0.717, 1.165) is 11.3 Å². The van der Waals surface area contributed by atoms with E-state index in [9.17, 15) is 4.39 Å². The van der Waals surface area contributed by atoms with E-state index in [4.69, 9.17) is 4.74 Å². The van der Waals surface area contributed by atoms with E-state index in [1.54, 1.807) is 30.1 Å². The summed E-state index contributed by atoms with van der Waals surface area (Å²) in [4.78, 5) is 0. The zero-order valence-corrected chi connectivity index (χ0v) is 12.5. The van der Waals surface area contributed by atoms with Gasteiger partial charge in [-0.2, -0.15) is 5.10 Å². The summed E-state index contributed by atoms with van der Waals surface area (Å²) in [5, 5.41) is 7.39. The molecule has 4 nitrogen and oxygen atoms in total. The molecule has 6 heteroatoms. The molecule has 0 saturated carbocycles. The Bertz CT molecular complexity index is 585. The van der Waals surface area contributed by atoms with Crippen LogP contribution < -0.4 is 10.1 Å². The van der Waals surface area contributed by atoms with Crippen LogP contribution in [-0.2, 0) is 7.05 Å². The molecule has 1 atom stereocenters. The highest BCUT2D eigenvalue weighted by molar-refractivity contribution is 9.10. The molecule has 0 saturated heterocycles. The average Bonchev–Trinajstić information content (AvgIpc) is 2.76. The first-order valence-corrected chi connectivity index (χ1v) is 6.56. The summed E-state index contributed by atoms with van der Waals surface area (Å²) < 4.78 is 20.8. The number of aromatic nitrogens is 2. The van der Waals surface area contributed by atoms with Crippen molar-refractivity contribution in [2.75, 3.05) is 14.2 Å². The average molecular weight is 328 g/mol. The molecule has 1 heterocycles. The van der Waals surface area contributed by atoms with Gasteiger partial charge in [-0.1, -0.05) is 6.07 Å². The molecule has 1 N–H and O–H groups in total. The largest absolute Gasteiger partial charge is 0.493 e. The molecule has 0 aliphatic carbocycles. The van der Waals surface area contributed by atoms with E-state index in [2.05, 4.69) is 26.3 Å². The molecule has 0 aliphatic rings. The number of halogens is 2. The van der Waals surface area contributed by atoms with Gasteiger partial charge in [-0.05, 0) is 40.7 Å². The minimum atomic E-state index is -0.282. The predicted octanol–water partition coefficient (Wildman–Crippen LogP) is 2.64. The monoisotopic (exact) mass is 327 g/mol. The molecule has 1 aromatic heterocycles. The maximum Gasteiger partial charge on any atom is 0.161 e. The third-order valence-electron chi connectivity index (χ3n) is 3.01. The lowest BCUT2D eigenvalue weighted by molar-refractivity contribution is 0.402. The zero-order chi connectivity index (χ0) is 14.0. The van der Waals surface area contributed by atoms with Crippen molar-refractivity contribution in [1.29, 1.82) is 0 Å². The van der Waals surface area contributed by atoms with Crippen LogP contribution in [0.15, 0.2) is 28.9 Å². The SMILES string of the molecule is CNC(c1ccc(F)c(Br)c1)c1c(OC)cnn1C. The van der Waals surface area contributed by atoms with Crippen LogP contribution in [0, 0.1) is 5.82 Å². The Morgan fingerprint density at radius 2 is 2.21 bits per heavy atom. The van der Waals surface area contributed by atoms with Crippen molar-refractivity contribution in [3.05, 3.63) is 45.9 Å². The van der Waals surface area contributed by atoms with E-state index in [0.29, 0.717) is 10.2 Å². The highest BCUT2D eigenvalue weighted by Crippen LogP contribution is 2.31. The van der Waals surface area contributed by atoms with Gasteiger partial charge in [0.1, 0.15) is 11.5 Å². The summed E-state index contributed by atoms with van der Waals surface area (Å²) >= 11 is 3.20. The number of nitrogens with zero attached hydrogens (tertiary/aromatic N) is 2. The molecule has 1 unspecified atom stereocenters. The predicted molar refractivity (Wildman–Crippen MR) is 74.8 cm³/mol. The Hall–Kier alpha value is -1.40. The number of hydrogen-bond acceptors (Lipinski definition) is 3. The van der Waals surface area contributed by atoms with Crippen molar-refractivity contribution in [3.63, 3.8) is 0 Å². The molecule has 102 valence electrons. The number of hydrogen-bond donors (Lipinski definition) is 1. The first kappa shape index (κ1) is 14.0. The number of aryl methyl sites for hydroxylation is 1. The van der Waals surface area contributed by atoms with Crippen LogP contribution in [0.2, 0.25) is 0 Å². The number of ether oxygens (including phenoxy) is 1. The number of benzene rings is 1. The Kier molecular flexibility index (Phi) is 4.21. The summed E-state index contributed by atoms with van der Waals surface area (Å²) in [5.41, 5.74) is 1.82. The molecule has 2 aromatic rings. The molecule has 0 aliphatic heterocycles. The Morgan fingerprint density at radius 3 is 2.79 bits per heavy atom. The Balaban J connectivity index is 2.49. The quantitative estimate of drug-likeness (QED) is 0.938. The van der Waals surface area contributed by atoms with E-state index in [1.807, 2.05) is 14.1 Å². The Morgan fingerprint density at radius 1 is 1.47 bits per heavy atom. The topological polar surface area (TPSA) is 39.1 Å². The fourth-order valence-electron chi connectivity index (χ4n) is 2.07. The van der Waals surface area contributed by atoms with E-state index in [-0.39, 0.29) is 11.9 Å². The van der Waals surface area contributed by atoms with Gasteiger partial charge in [-0.15, -0.1) is 0 Å². The summed E-state index contributed by atoms with van der Waals surface area (Å²) in [6.07, 6.45) is 1.66. The van der Waals surface area contributed by atoms with Gasteiger partial charge in [-0.3, -0.25) is 4.68 Å². The second kappa shape index (κ2) is 5.71. The molecule has 0 radical (unpaired) electrons. The standard InChI is InChI=1S/C13H15BrFN3O/c1-16-12(8-4-5-10(15)9(14)6-8)13-11(19-3)7-17-18(13)2/h4-7,12,16H,1-3H3. The molecule has 2 rings (SSSR count). The lowest BCUT2D eigenvalue weighted by Gasteiger charge is -2.18. The van der Waals surface area contributed by atoms with Gasteiger partial charge in [-0.25, -0.2) is 4.39 Å². The molecule has 0 fully saturated rings. The number of methoxy groups -OCH3 is 1. The molecule has 0 spiro atoms. The maximum atomic E-state index is 13.3.